The Bertz CT molecular complexity index is 997. The van der Waals surface area contributed by atoms with Crippen molar-refractivity contribution in [3.63, 3.8) is 0 Å². The van der Waals surface area contributed by atoms with E-state index < -0.39 is 0 Å². The smallest absolute Gasteiger partial charge is 0.167 e. The van der Waals surface area contributed by atoms with Gasteiger partial charge < -0.3 is 19.3 Å². The van der Waals surface area contributed by atoms with Gasteiger partial charge >= 0.3 is 0 Å². The van der Waals surface area contributed by atoms with Crippen LogP contribution in [0.25, 0.3) is 0 Å². The molecule has 2 atom stereocenters. The van der Waals surface area contributed by atoms with Gasteiger partial charge in [-0.15, -0.1) is 0 Å². The zero-order chi connectivity index (χ0) is 30.3. The van der Waals surface area contributed by atoms with Gasteiger partial charge in [-0.25, -0.2) is 0 Å². The monoisotopic (exact) mass is 590 g/mol. The SMILES string of the molecule is CCCOc1ccc(C(=O)C(CC(CN2CCCCCC2)C(=O)c2ccc(OCCC)cc2)CN2CCCCCC2)cc1. The second-order valence-electron chi connectivity index (χ2n) is 12.5. The summed E-state index contributed by atoms with van der Waals surface area (Å²) in [5.41, 5.74) is 1.42. The van der Waals surface area contributed by atoms with Crippen LogP contribution in [0.1, 0.15) is 105 Å². The topological polar surface area (TPSA) is 59.1 Å². The van der Waals surface area contributed by atoms with E-state index in [-0.39, 0.29) is 23.4 Å². The molecule has 0 N–H and O–H groups in total. The predicted octanol–water partition coefficient (Wildman–Crippen LogP) is 7.70. The Labute approximate surface area is 260 Å². The molecule has 0 aliphatic carbocycles. The summed E-state index contributed by atoms with van der Waals surface area (Å²) >= 11 is 0. The fourth-order valence-electron chi connectivity index (χ4n) is 6.48. The maximum Gasteiger partial charge on any atom is 0.167 e. The average molecular weight is 591 g/mol. The summed E-state index contributed by atoms with van der Waals surface area (Å²) in [5, 5.41) is 0. The molecule has 2 fully saturated rings. The number of carbonyl (C=O) groups is 2. The van der Waals surface area contributed by atoms with Crippen molar-refractivity contribution in [1.82, 2.24) is 9.80 Å². The van der Waals surface area contributed by atoms with E-state index in [1.807, 2.05) is 48.5 Å². The Kier molecular flexibility index (Phi) is 14.0. The lowest BCUT2D eigenvalue weighted by Gasteiger charge is -2.31. The number of carbonyl (C=O) groups excluding carboxylic acids is 2. The standard InChI is InChI=1S/C37H54N2O4/c1-3-25-42-34-17-13-30(14-18-34)36(40)32(28-38-21-9-5-6-10-22-38)27-33(29-39-23-11-7-8-12-24-39)37(41)31-15-19-35(20-16-31)43-26-4-2/h13-20,32-33H,3-12,21-29H2,1-2H3. The van der Waals surface area contributed by atoms with Gasteiger partial charge in [0.15, 0.2) is 11.6 Å². The van der Waals surface area contributed by atoms with Gasteiger partial charge in [0.05, 0.1) is 13.2 Å². The van der Waals surface area contributed by atoms with E-state index in [4.69, 9.17) is 9.47 Å². The molecular weight excluding hydrogens is 536 g/mol. The molecule has 2 unspecified atom stereocenters. The second-order valence-corrected chi connectivity index (χ2v) is 12.5. The van der Waals surface area contributed by atoms with Gasteiger partial charge in [-0.1, -0.05) is 39.5 Å². The first-order valence-electron chi connectivity index (χ1n) is 17.1. The molecule has 2 aromatic carbocycles. The lowest BCUT2D eigenvalue weighted by atomic mass is 9.83. The fourth-order valence-corrected chi connectivity index (χ4v) is 6.48. The predicted molar refractivity (Wildman–Crippen MR) is 175 cm³/mol. The molecule has 6 heteroatoms. The molecular formula is C37H54N2O4. The van der Waals surface area contributed by atoms with Crippen LogP contribution < -0.4 is 9.47 Å². The third-order valence-corrected chi connectivity index (χ3v) is 8.89. The Morgan fingerprint density at radius 1 is 0.581 bits per heavy atom. The van der Waals surface area contributed by atoms with Crippen LogP contribution in [-0.2, 0) is 0 Å². The maximum atomic E-state index is 14.2. The average Bonchev–Trinajstić information content (AvgIpc) is 3.47. The van der Waals surface area contributed by atoms with Crippen LogP contribution >= 0.6 is 0 Å². The van der Waals surface area contributed by atoms with E-state index in [2.05, 4.69) is 23.6 Å². The lowest BCUT2D eigenvalue weighted by Crippen LogP contribution is -2.39. The van der Waals surface area contributed by atoms with Crippen molar-refractivity contribution in [2.75, 3.05) is 52.5 Å². The highest BCUT2D eigenvalue weighted by atomic mass is 16.5. The van der Waals surface area contributed by atoms with Crippen LogP contribution in [0.15, 0.2) is 48.5 Å². The van der Waals surface area contributed by atoms with Crippen LogP contribution in [-0.4, -0.2) is 73.8 Å². The molecule has 0 amide bonds. The van der Waals surface area contributed by atoms with Crippen LogP contribution in [0, 0.1) is 11.8 Å². The van der Waals surface area contributed by atoms with Crippen molar-refractivity contribution in [1.29, 1.82) is 0 Å². The molecule has 0 bridgehead atoms. The first-order chi connectivity index (χ1) is 21.1. The molecule has 0 aromatic heterocycles. The van der Waals surface area contributed by atoms with Crippen molar-refractivity contribution in [3.05, 3.63) is 59.7 Å². The van der Waals surface area contributed by atoms with Crippen molar-refractivity contribution >= 4 is 11.6 Å². The van der Waals surface area contributed by atoms with Gasteiger partial charge in [-0.05, 0) is 120 Å². The minimum Gasteiger partial charge on any atom is -0.494 e. The number of rotatable bonds is 16. The number of ketones is 2. The summed E-state index contributed by atoms with van der Waals surface area (Å²) in [7, 11) is 0. The molecule has 2 aliphatic rings. The van der Waals surface area contributed by atoms with Gasteiger partial charge in [-0.3, -0.25) is 9.59 Å². The third-order valence-electron chi connectivity index (χ3n) is 8.89. The maximum absolute atomic E-state index is 14.2. The number of Topliss-reactive ketones (excluding diaryl/α,β-unsaturated/α-hetero) is 2. The van der Waals surface area contributed by atoms with Crippen molar-refractivity contribution in [3.8, 4) is 11.5 Å². The molecule has 236 valence electrons. The van der Waals surface area contributed by atoms with Crippen LogP contribution in [0.4, 0.5) is 0 Å². The highest BCUT2D eigenvalue weighted by Crippen LogP contribution is 2.27. The molecule has 0 radical (unpaired) electrons. The summed E-state index contributed by atoms with van der Waals surface area (Å²) in [6.07, 6.45) is 12.2. The first kappa shape index (κ1) is 33.2. The number of benzene rings is 2. The summed E-state index contributed by atoms with van der Waals surface area (Å²) in [4.78, 5) is 33.4. The van der Waals surface area contributed by atoms with E-state index in [1.165, 1.54) is 51.4 Å². The summed E-state index contributed by atoms with van der Waals surface area (Å²) in [5.74, 6) is 1.39. The van der Waals surface area contributed by atoms with E-state index >= 15 is 0 Å². The number of hydrogen-bond acceptors (Lipinski definition) is 6. The molecule has 2 saturated heterocycles. The minimum atomic E-state index is -0.242. The van der Waals surface area contributed by atoms with Crippen LogP contribution in [0.3, 0.4) is 0 Å². The van der Waals surface area contributed by atoms with Gasteiger partial charge in [0.2, 0.25) is 0 Å². The van der Waals surface area contributed by atoms with Crippen molar-refractivity contribution in [2.45, 2.75) is 84.5 Å². The summed E-state index contributed by atoms with van der Waals surface area (Å²) in [6, 6.07) is 15.3. The molecule has 0 spiro atoms. The van der Waals surface area contributed by atoms with Gasteiger partial charge in [-0.2, -0.15) is 0 Å². The summed E-state index contributed by atoms with van der Waals surface area (Å²) < 4.78 is 11.6. The fraction of sp³-hybridized carbons (Fsp3) is 0.622. The van der Waals surface area contributed by atoms with Crippen LogP contribution in [0.2, 0.25) is 0 Å². The lowest BCUT2D eigenvalue weighted by molar-refractivity contribution is 0.0775. The zero-order valence-electron chi connectivity index (χ0n) is 26.7. The Morgan fingerprint density at radius 2 is 0.930 bits per heavy atom. The molecule has 2 aliphatic heterocycles. The van der Waals surface area contributed by atoms with Crippen LogP contribution in [0.5, 0.6) is 11.5 Å². The molecule has 43 heavy (non-hydrogen) atoms. The molecule has 6 nitrogen and oxygen atoms in total. The molecule has 0 saturated carbocycles. The van der Waals surface area contributed by atoms with E-state index in [9.17, 15) is 9.59 Å². The number of nitrogens with zero attached hydrogens (tertiary/aromatic N) is 2. The van der Waals surface area contributed by atoms with E-state index in [0.29, 0.717) is 43.9 Å². The quantitative estimate of drug-likeness (QED) is 0.187. The molecule has 4 rings (SSSR count). The number of hydrogen-bond donors (Lipinski definition) is 0. The Balaban J connectivity index is 1.58. The molecule has 2 heterocycles. The second kappa shape index (κ2) is 18.2. The summed E-state index contributed by atoms with van der Waals surface area (Å²) in [6.45, 7) is 11.0. The highest BCUT2D eigenvalue weighted by Gasteiger charge is 2.32. The van der Waals surface area contributed by atoms with Gasteiger partial charge in [0.1, 0.15) is 11.5 Å². The van der Waals surface area contributed by atoms with Gasteiger partial charge in [0.25, 0.3) is 0 Å². The number of likely N-dealkylation sites (tertiary alicyclic amines) is 2. The minimum absolute atomic E-state index is 0.142. The largest absolute Gasteiger partial charge is 0.494 e. The van der Waals surface area contributed by atoms with E-state index in [1.54, 1.807) is 0 Å². The Morgan fingerprint density at radius 3 is 1.26 bits per heavy atom. The Hall–Kier alpha value is -2.70. The van der Waals surface area contributed by atoms with Crippen molar-refractivity contribution in [2.24, 2.45) is 11.8 Å². The number of ether oxygens (including phenoxy) is 2. The third kappa shape index (κ3) is 10.8. The molecule has 2 aromatic rings. The first-order valence-corrected chi connectivity index (χ1v) is 17.1. The zero-order valence-corrected chi connectivity index (χ0v) is 26.7. The van der Waals surface area contributed by atoms with Crippen molar-refractivity contribution < 1.29 is 19.1 Å². The normalized spacial score (nSPS) is 18.3. The van der Waals surface area contributed by atoms with E-state index in [0.717, 1.165) is 50.5 Å². The highest BCUT2D eigenvalue weighted by molar-refractivity contribution is 6.00. The van der Waals surface area contributed by atoms with Gasteiger partial charge in [0, 0.05) is 36.1 Å².